The first-order valence-electron chi connectivity index (χ1n) is 10.0. The van der Waals surface area contributed by atoms with E-state index in [0.717, 1.165) is 15.6 Å². The highest BCUT2D eigenvalue weighted by atomic mass is 79.9. The summed E-state index contributed by atoms with van der Waals surface area (Å²) in [4.78, 5) is 31.5. The van der Waals surface area contributed by atoms with Crippen LogP contribution in [0, 0.1) is 0 Å². The fraction of sp³-hybridized carbons (Fsp3) is 0.208. The lowest BCUT2D eigenvalue weighted by atomic mass is 9.96. The van der Waals surface area contributed by atoms with Gasteiger partial charge < -0.3 is 9.47 Å². The van der Waals surface area contributed by atoms with Crippen LogP contribution in [0.5, 0.6) is 5.75 Å². The smallest absolute Gasteiger partial charge is 0.338 e. The maximum Gasteiger partial charge on any atom is 0.338 e. The van der Waals surface area contributed by atoms with Gasteiger partial charge in [-0.1, -0.05) is 51.5 Å². The third kappa shape index (κ3) is 4.20. The van der Waals surface area contributed by atoms with Crippen LogP contribution in [0.2, 0.25) is 0 Å². The zero-order valence-electron chi connectivity index (χ0n) is 17.8. The number of rotatable bonds is 5. The Morgan fingerprint density at radius 1 is 1.19 bits per heavy atom. The van der Waals surface area contributed by atoms with Crippen molar-refractivity contribution in [1.29, 1.82) is 0 Å². The summed E-state index contributed by atoms with van der Waals surface area (Å²) >= 11 is 4.73. The number of thiazole rings is 1. The van der Waals surface area contributed by atoms with Gasteiger partial charge in [0.05, 0.1) is 35.6 Å². The van der Waals surface area contributed by atoms with Crippen LogP contribution >= 0.6 is 27.3 Å². The first kappa shape index (κ1) is 22.2. The third-order valence-corrected chi connectivity index (χ3v) is 6.63. The Morgan fingerprint density at radius 2 is 1.88 bits per heavy atom. The zero-order valence-corrected chi connectivity index (χ0v) is 20.2. The van der Waals surface area contributed by atoms with Crippen LogP contribution in [-0.2, 0) is 9.53 Å². The first-order valence-corrected chi connectivity index (χ1v) is 11.6. The molecular formula is C24H21BrN2O4S. The molecule has 1 aromatic heterocycles. The predicted molar refractivity (Wildman–Crippen MR) is 128 cm³/mol. The Bertz CT molecular complexity index is 1370. The van der Waals surface area contributed by atoms with E-state index in [1.165, 1.54) is 11.3 Å². The van der Waals surface area contributed by atoms with Crippen molar-refractivity contribution in [2.75, 3.05) is 13.7 Å². The number of fused-ring (bicyclic) bond motifs is 1. The van der Waals surface area contributed by atoms with E-state index in [0.29, 0.717) is 26.4 Å². The SMILES string of the molecule is CCOC(=O)C1=C(C)N=c2sc(=Cc3ccc(Br)cc3)c(=O)n2[C@H]1c1ccc(OC)cc1. The Balaban J connectivity index is 1.93. The van der Waals surface area contributed by atoms with Crippen LogP contribution in [-0.4, -0.2) is 24.3 Å². The van der Waals surface area contributed by atoms with Gasteiger partial charge in [0.25, 0.3) is 5.56 Å². The maximum atomic E-state index is 13.5. The average Bonchev–Trinajstić information content (AvgIpc) is 3.09. The van der Waals surface area contributed by atoms with Crippen LogP contribution in [0.4, 0.5) is 0 Å². The van der Waals surface area contributed by atoms with E-state index in [1.807, 2.05) is 54.6 Å². The van der Waals surface area contributed by atoms with E-state index in [-0.39, 0.29) is 12.2 Å². The molecule has 8 heteroatoms. The summed E-state index contributed by atoms with van der Waals surface area (Å²) in [7, 11) is 1.59. The topological polar surface area (TPSA) is 69.9 Å². The lowest BCUT2D eigenvalue weighted by molar-refractivity contribution is -0.139. The molecule has 0 spiro atoms. The molecule has 0 N–H and O–H groups in total. The number of nitrogens with zero attached hydrogens (tertiary/aromatic N) is 2. The van der Waals surface area contributed by atoms with E-state index in [9.17, 15) is 9.59 Å². The maximum absolute atomic E-state index is 13.5. The molecule has 1 atom stereocenters. The van der Waals surface area contributed by atoms with Crippen molar-refractivity contribution < 1.29 is 14.3 Å². The average molecular weight is 513 g/mol. The van der Waals surface area contributed by atoms with E-state index in [4.69, 9.17) is 9.47 Å². The molecule has 6 nitrogen and oxygen atoms in total. The molecule has 0 saturated carbocycles. The molecule has 4 rings (SSSR count). The molecule has 164 valence electrons. The molecule has 1 aliphatic rings. The number of ether oxygens (including phenoxy) is 2. The molecule has 2 aromatic carbocycles. The fourth-order valence-corrected chi connectivity index (χ4v) is 4.91. The molecular weight excluding hydrogens is 492 g/mol. The molecule has 1 aliphatic heterocycles. The first-order chi connectivity index (χ1) is 15.4. The van der Waals surface area contributed by atoms with Gasteiger partial charge in [-0.2, -0.15) is 0 Å². The van der Waals surface area contributed by atoms with Crippen molar-refractivity contribution in [1.82, 2.24) is 4.57 Å². The number of hydrogen-bond donors (Lipinski definition) is 0. The van der Waals surface area contributed by atoms with Gasteiger partial charge in [-0.25, -0.2) is 9.79 Å². The van der Waals surface area contributed by atoms with E-state index < -0.39 is 12.0 Å². The second kappa shape index (κ2) is 9.26. The van der Waals surface area contributed by atoms with E-state index in [1.54, 1.807) is 25.5 Å². The standard InChI is InChI=1S/C24H21BrN2O4S/c1-4-31-23(29)20-14(2)26-24-27(21(20)16-7-11-18(30-3)12-8-16)22(28)19(32-24)13-15-5-9-17(25)10-6-15/h5-13,21H,4H2,1-3H3/t21-/m0/s1. The summed E-state index contributed by atoms with van der Waals surface area (Å²) in [6.07, 6.45) is 1.84. The fourth-order valence-electron chi connectivity index (χ4n) is 3.60. The van der Waals surface area contributed by atoms with Crippen LogP contribution in [0.3, 0.4) is 0 Å². The lowest BCUT2D eigenvalue weighted by Crippen LogP contribution is -2.39. The summed E-state index contributed by atoms with van der Waals surface area (Å²) in [6, 6.07) is 14.4. The van der Waals surface area contributed by atoms with E-state index in [2.05, 4.69) is 20.9 Å². The summed E-state index contributed by atoms with van der Waals surface area (Å²) in [5, 5.41) is 0. The number of allylic oxidation sites excluding steroid dienone is 1. The second-order valence-corrected chi connectivity index (χ2v) is 9.05. The van der Waals surface area contributed by atoms with Gasteiger partial charge in [0.1, 0.15) is 5.75 Å². The molecule has 32 heavy (non-hydrogen) atoms. The van der Waals surface area contributed by atoms with Crippen LogP contribution < -0.4 is 19.6 Å². The summed E-state index contributed by atoms with van der Waals surface area (Å²) < 4.78 is 13.7. The molecule has 0 radical (unpaired) electrons. The van der Waals surface area contributed by atoms with Crippen LogP contribution in [0.15, 0.2) is 74.1 Å². The number of aromatic nitrogens is 1. The summed E-state index contributed by atoms with van der Waals surface area (Å²) in [6.45, 7) is 3.76. The Labute approximate surface area is 197 Å². The van der Waals surface area contributed by atoms with Crippen LogP contribution in [0.1, 0.15) is 31.0 Å². The van der Waals surface area contributed by atoms with Crippen molar-refractivity contribution in [2.45, 2.75) is 19.9 Å². The Hall–Kier alpha value is -2.97. The molecule has 0 fully saturated rings. The Morgan fingerprint density at radius 3 is 2.50 bits per heavy atom. The second-order valence-electron chi connectivity index (χ2n) is 7.13. The van der Waals surface area contributed by atoms with Crippen molar-refractivity contribution >= 4 is 39.3 Å². The quantitative estimate of drug-likeness (QED) is 0.490. The van der Waals surface area contributed by atoms with Crippen LogP contribution in [0.25, 0.3) is 6.08 Å². The minimum Gasteiger partial charge on any atom is -0.497 e. The number of halogens is 1. The number of benzene rings is 2. The number of carbonyl (C=O) groups excluding carboxylic acids is 1. The minimum absolute atomic E-state index is 0.202. The predicted octanol–water partition coefficient (Wildman–Crippen LogP) is 3.57. The summed E-state index contributed by atoms with van der Waals surface area (Å²) in [5.74, 6) is 0.214. The number of hydrogen-bond acceptors (Lipinski definition) is 6. The molecule has 0 amide bonds. The zero-order chi connectivity index (χ0) is 22.8. The van der Waals surface area contributed by atoms with Gasteiger partial charge >= 0.3 is 5.97 Å². The normalized spacial score (nSPS) is 15.9. The van der Waals surface area contributed by atoms with Crippen molar-refractivity contribution in [3.63, 3.8) is 0 Å². The lowest BCUT2D eigenvalue weighted by Gasteiger charge is -2.24. The number of methoxy groups -OCH3 is 1. The Kier molecular flexibility index (Phi) is 6.43. The molecule has 3 aromatic rings. The van der Waals surface area contributed by atoms with Gasteiger partial charge in [0.15, 0.2) is 4.80 Å². The number of esters is 1. The monoisotopic (exact) mass is 512 g/mol. The van der Waals surface area contributed by atoms with E-state index >= 15 is 0 Å². The van der Waals surface area contributed by atoms with Gasteiger partial charge in [-0.15, -0.1) is 0 Å². The largest absolute Gasteiger partial charge is 0.497 e. The van der Waals surface area contributed by atoms with Crippen molar-refractivity contribution in [3.05, 3.63) is 95.1 Å². The van der Waals surface area contributed by atoms with Gasteiger partial charge in [0.2, 0.25) is 0 Å². The molecule has 0 bridgehead atoms. The molecule has 0 unspecified atom stereocenters. The van der Waals surface area contributed by atoms with Gasteiger partial charge in [0, 0.05) is 4.47 Å². The highest BCUT2D eigenvalue weighted by molar-refractivity contribution is 9.10. The molecule has 0 aliphatic carbocycles. The molecule has 2 heterocycles. The number of carbonyl (C=O) groups is 1. The third-order valence-electron chi connectivity index (χ3n) is 5.12. The highest BCUT2D eigenvalue weighted by Crippen LogP contribution is 2.31. The van der Waals surface area contributed by atoms with Gasteiger partial charge in [-0.3, -0.25) is 9.36 Å². The molecule has 0 saturated heterocycles. The van der Waals surface area contributed by atoms with Crippen molar-refractivity contribution in [3.8, 4) is 5.75 Å². The van der Waals surface area contributed by atoms with Crippen molar-refractivity contribution in [2.24, 2.45) is 4.99 Å². The minimum atomic E-state index is -0.636. The van der Waals surface area contributed by atoms with Gasteiger partial charge in [-0.05, 0) is 55.3 Å². The summed E-state index contributed by atoms with van der Waals surface area (Å²) in [5.41, 5.74) is 2.38. The highest BCUT2D eigenvalue weighted by Gasteiger charge is 2.33.